The van der Waals surface area contributed by atoms with Crippen molar-refractivity contribution in [3.05, 3.63) is 47.0 Å². The molecule has 25 heavy (non-hydrogen) atoms. The zero-order chi connectivity index (χ0) is 17.5. The molecule has 126 valence electrons. The standard InChI is InChI=1S/C20H16O5/c1-20-5-4-16(23)12-8-25-19(17(12)20)18(24)11-6-9-10(7-13(11)20)15(22)3-2-14(9)21/h2-3,6,8,10-11,13H,4-5,7H2,1H3/t10?,11?,13-,20+/m0/s1. The predicted molar refractivity (Wildman–Crippen MR) is 86.3 cm³/mol. The summed E-state index contributed by atoms with van der Waals surface area (Å²) in [6.45, 7) is 2.06. The molecule has 0 aliphatic heterocycles. The maximum Gasteiger partial charge on any atom is 0.205 e. The number of allylic oxidation sites excluding steroid dienone is 4. The van der Waals surface area contributed by atoms with E-state index in [0.717, 1.165) is 5.56 Å². The fourth-order valence-corrected chi connectivity index (χ4v) is 5.23. The van der Waals surface area contributed by atoms with Crippen LogP contribution in [0.2, 0.25) is 0 Å². The van der Waals surface area contributed by atoms with E-state index in [1.807, 2.05) is 0 Å². The number of ketones is 4. The van der Waals surface area contributed by atoms with Gasteiger partial charge in [-0.05, 0) is 30.9 Å². The molecule has 0 aromatic carbocycles. The van der Waals surface area contributed by atoms with E-state index in [1.54, 1.807) is 6.08 Å². The van der Waals surface area contributed by atoms with Crippen LogP contribution in [0.1, 0.15) is 52.7 Å². The second kappa shape index (κ2) is 4.54. The van der Waals surface area contributed by atoms with Crippen molar-refractivity contribution in [2.24, 2.45) is 17.8 Å². The zero-order valence-corrected chi connectivity index (χ0v) is 13.7. The van der Waals surface area contributed by atoms with Crippen molar-refractivity contribution in [3.8, 4) is 0 Å². The van der Waals surface area contributed by atoms with E-state index in [0.29, 0.717) is 30.4 Å². The Morgan fingerprint density at radius 2 is 1.96 bits per heavy atom. The zero-order valence-electron chi connectivity index (χ0n) is 13.7. The van der Waals surface area contributed by atoms with Crippen LogP contribution in [0.5, 0.6) is 0 Å². The van der Waals surface area contributed by atoms with Crippen LogP contribution in [-0.2, 0) is 15.0 Å². The highest BCUT2D eigenvalue weighted by Crippen LogP contribution is 2.56. The van der Waals surface area contributed by atoms with Crippen LogP contribution in [0.15, 0.2) is 34.5 Å². The molecule has 5 heteroatoms. The molecular weight excluding hydrogens is 320 g/mol. The first-order chi connectivity index (χ1) is 11.9. The third-order valence-electron chi connectivity index (χ3n) is 6.56. The summed E-state index contributed by atoms with van der Waals surface area (Å²) in [5.41, 5.74) is 1.28. The summed E-state index contributed by atoms with van der Waals surface area (Å²) in [5, 5.41) is 0. The van der Waals surface area contributed by atoms with Crippen molar-refractivity contribution in [2.75, 3.05) is 0 Å². The first-order valence-corrected chi connectivity index (χ1v) is 8.59. The lowest BCUT2D eigenvalue weighted by atomic mass is 9.52. The Hall–Kier alpha value is -2.56. The van der Waals surface area contributed by atoms with Crippen LogP contribution in [0, 0.1) is 17.8 Å². The third kappa shape index (κ3) is 1.68. The summed E-state index contributed by atoms with van der Waals surface area (Å²) in [6.07, 6.45) is 7.23. The second-order valence-electron chi connectivity index (χ2n) is 7.70. The molecule has 2 unspecified atom stereocenters. The van der Waals surface area contributed by atoms with Crippen molar-refractivity contribution < 1.29 is 23.6 Å². The van der Waals surface area contributed by atoms with E-state index in [-0.39, 0.29) is 34.8 Å². The lowest BCUT2D eigenvalue weighted by molar-refractivity contribution is -0.122. The average Bonchev–Trinajstić information content (AvgIpc) is 3.06. The number of hydrogen-bond acceptors (Lipinski definition) is 5. The minimum Gasteiger partial charge on any atom is -0.460 e. The summed E-state index contributed by atoms with van der Waals surface area (Å²) in [6, 6.07) is 0. The summed E-state index contributed by atoms with van der Waals surface area (Å²) in [4.78, 5) is 49.7. The second-order valence-corrected chi connectivity index (χ2v) is 7.70. The third-order valence-corrected chi connectivity index (χ3v) is 6.56. The highest BCUT2D eigenvalue weighted by Gasteiger charge is 2.56. The quantitative estimate of drug-likeness (QED) is 0.727. The molecule has 0 saturated carbocycles. The minimum absolute atomic E-state index is 0.00706. The first-order valence-electron chi connectivity index (χ1n) is 8.59. The van der Waals surface area contributed by atoms with E-state index < -0.39 is 17.3 Å². The number of Topliss-reactive ketones (excluding diaryl/α,β-unsaturated/α-hetero) is 2. The molecule has 1 aromatic heterocycles. The number of hydrogen-bond donors (Lipinski definition) is 0. The first kappa shape index (κ1) is 14.8. The van der Waals surface area contributed by atoms with Gasteiger partial charge in [-0.3, -0.25) is 19.2 Å². The molecule has 4 aliphatic rings. The molecule has 1 heterocycles. The highest BCUT2D eigenvalue weighted by atomic mass is 16.3. The molecule has 0 bridgehead atoms. The van der Waals surface area contributed by atoms with Gasteiger partial charge in [0.1, 0.15) is 6.26 Å². The van der Waals surface area contributed by atoms with E-state index in [2.05, 4.69) is 6.92 Å². The van der Waals surface area contributed by atoms with Crippen LogP contribution in [0.4, 0.5) is 0 Å². The number of carbonyl (C=O) groups is 4. The molecule has 0 spiro atoms. The monoisotopic (exact) mass is 336 g/mol. The van der Waals surface area contributed by atoms with Crippen LogP contribution in [-0.4, -0.2) is 23.1 Å². The number of rotatable bonds is 0. The van der Waals surface area contributed by atoms with E-state index in [9.17, 15) is 19.2 Å². The van der Waals surface area contributed by atoms with Gasteiger partial charge in [-0.2, -0.15) is 0 Å². The number of fused-ring (bicyclic) bond motifs is 3. The molecule has 5 rings (SSSR count). The number of furan rings is 1. The Bertz CT molecular complexity index is 943. The minimum atomic E-state index is -0.474. The van der Waals surface area contributed by atoms with Gasteiger partial charge >= 0.3 is 0 Å². The lowest BCUT2D eigenvalue weighted by Gasteiger charge is -2.49. The molecule has 0 saturated heterocycles. The molecule has 4 aliphatic carbocycles. The maximum absolute atomic E-state index is 13.0. The molecule has 0 N–H and O–H groups in total. The lowest BCUT2D eigenvalue weighted by Crippen LogP contribution is -2.50. The normalized spacial score (nSPS) is 35.9. The van der Waals surface area contributed by atoms with Crippen molar-refractivity contribution in [1.29, 1.82) is 0 Å². The van der Waals surface area contributed by atoms with Crippen molar-refractivity contribution in [2.45, 2.75) is 31.6 Å². The Morgan fingerprint density at radius 1 is 1.16 bits per heavy atom. The van der Waals surface area contributed by atoms with Gasteiger partial charge in [0.2, 0.25) is 5.78 Å². The molecule has 1 aromatic rings. The molecule has 0 fully saturated rings. The van der Waals surface area contributed by atoms with E-state index in [1.165, 1.54) is 18.4 Å². The smallest absolute Gasteiger partial charge is 0.205 e. The number of carbonyl (C=O) groups excluding carboxylic acids is 4. The molecule has 5 nitrogen and oxygen atoms in total. The van der Waals surface area contributed by atoms with Gasteiger partial charge in [-0.15, -0.1) is 0 Å². The Kier molecular flexibility index (Phi) is 2.68. The topological polar surface area (TPSA) is 81.4 Å². The molecule has 0 radical (unpaired) electrons. The van der Waals surface area contributed by atoms with Crippen LogP contribution >= 0.6 is 0 Å². The summed E-state index contributed by atoms with van der Waals surface area (Å²) >= 11 is 0. The van der Waals surface area contributed by atoms with Gasteiger partial charge < -0.3 is 4.42 Å². The van der Waals surface area contributed by atoms with E-state index in [4.69, 9.17) is 4.42 Å². The van der Waals surface area contributed by atoms with Gasteiger partial charge in [0.05, 0.1) is 11.5 Å². The van der Waals surface area contributed by atoms with Gasteiger partial charge in [-0.1, -0.05) is 13.0 Å². The van der Waals surface area contributed by atoms with E-state index >= 15 is 0 Å². The van der Waals surface area contributed by atoms with Gasteiger partial charge in [-0.25, -0.2) is 0 Å². The summed E-state index contributed by atoms with van der Waals surface area (Å²) in [7, 11) is 0. The van der Waals surface area contributed by atoms with Crippen LogP contribution in [0.3, 0.4) is 0 Å². The largest absolute Gasteiger partial charge is 0.460 e. The fraction of sp³-hybridized carbons (Fsp3) is 0.400. The van der Waals surface area contributed by atoms with Crippen LogP contribution in [0.25, 0.3) is 0 Å². The Morgan fingerprint density at radius 3 is 2.76 bits per heavy atom. The molecule has 0 amide bonds. The van der Waals surface area contributed by atoms with Gasteiger partial charge in [0, 0.05) is 28.9 Å². The average molecular weight is 336 g/mol. The van der Waals surface area contributed by atoms with Crippen LogP contribution < -0.4 is 0 Å². The van der Waals surface area contributed by atoms with Crippen molar-refractivity contribution >= 4 is 23.1 Å². The summed E-state index contributed by atoms with van der Waals surface area (Å²) in [5.74, 6) is -1.23. The molecular formula is C20H16O5. The van der Waals surface area contributed by atoms with Crippen molar-refractivity contribution in [1.82, 2.24) is 0 Å². The highest BCUT2D eigenvalue weighted by molar-refractivity contribution is 6.17. The Labute approximate surface area is 143 Å². The van der Waals surface area contributed by atoms with Crippen molar-refractivity contribution in [3.63, 3.8) is 0 Å². The Balaban J connectivity index is 1.73. The fourth-order valence-electron chi connectivity index (χ4n) is 5.23. The SMILES string of the molecule is C[C@]12CCC(=O)c3coc(c31)C(=O)C1C=C3C(=O)C=CC(=O)C3C[C@@H]12. The van der Waals surface area contributed by atoms with Gasteiger partial charge in [0.15, 0.2) is 23.1 Å². The predicted octanol–water partition coefficient (Wildman–Crippen LogP) is 2.60. The maximum atomic E-state index is 13.0. The van der Waals surface area contributed by atoms with Gasteiger partial charge in [0.25, 0.3) is 0 Å². The molecule has 4 atom stereocenters. The summed E-state index contributed by atoms with van der Waals surface area (Å²) < 4.78 is 5.50.